The monoisotopic (exact) mass is 270 g/mol. The Morgan fingerprint density at radius 1 is 1.53 bits per heavy atom. The summed E-state index contributed by atoms with van der Waals surface area (Å²) in [6.07, 6.45) is 0.424. The van der Waals surface area contributed by atoms with Crippen molar-refractivity contribution in [3.05, 3.63) is 28.2 Å². The lowest BCUT2D eigenvalue weighted by Crippen LogP contribution is -2.31. The standard InChI is InChI=1S/C12H12Cl2N2O/c1-3-12(2,7-15)11(17)16-9-6-4-5-8(13)10(9)14/h4-6H,3H2,1-2H3,(H,16,17). The van der Waals surface area contributed by atoms with Gasteiger partial charge in [0, 0.05) is 0 Å². The van der Waals surface area contributed by atoms with Crippen LogP contribution in [0.2, 0.25) is 10.0 Å². The fourth-order valence-corrected chi connectivity index (χ4v) is 1.50. The summed E-state index contributed by atoms with van der Waals surface area (Å²) in [6, 6.07) is 6.94. The van der Waals surface area contributed by atoms with Gasteiger partial charge in [-0.2, -0.15) is 5.26 Å². The number of nitrogens with zero attached hydrogens (tertiary/aromatic N) is 1. The lowest BCUT2D eigenvalue weighted by Gasteiger charge is -2.19. The molecule has 1 unspecified atom stereocenters. The van der Waals surface area contributed by atoms with Crippen LogP contribution in [-0.2, 0) is 4.79 Å². The van der Waals surface area contributed by atoms with Crippen molar-refractivity contribution in [1.82, 2.24) is 0 Å². The number of amides is 1. The highest BCUT2D eigenvalue weighted by atomic mass is 35.5. The van der Waals surface area contributed by atoms with Crippen LogP contribution in [0.3, 0.4) is 0 Å². The summed E-state index contributed by atoms with van der Waals surface area (Å²) >= 11 is 11.8. The third kappa shape index (κ3) is 2.91. The van der Waals surface area contributed by atoms with Crippen LogP contribution in [0.1, 0.15) is 20.3 Å². The quantitative estimate of drug-likeness (QED) is 0.907. The maximum atomic E-state index is 11.9. The fraction of sp³-hybridized carbons (Fsp3) is 0.333. The van der Waals surface area contributed by atoms with Gasteiger partial charge >= 0.3 is 0 Å². The number of carbonyl (C=O) groups is 1. The molecule has 0 radical (unpaired) electrons. The van der Waals surface area contributed by atoms with Crippen LogP contribution >= 0.6 is 23.2 Å². The van der Waals surface area contributed by atoms with Gasteiger partial charge in [0.15, 0.2) is 0 Å². The SMILES string of the molecule is CCC(C)(C#N)C(=O)Nc1cccc(Cl)c1Cl. The second-order valence-electron chi connectivity index (χ2n) is 3.85. The Morgan fingerprint density at radius 3 is 2.71 bits per heavy atom. The normalized spacial score (nSPS) is 13.6. The van der Waals surface area contributed by atoms with Crippen molar-refractivity contribution < 1.29 is 4.79 Å². The molecule has 0 heterocycles. The molecule has 0 aromatic heterocycles. The Kier molecular flexibility index (Phi) is 4.39. The average Bonchev–Trinajstić information content (AvgIpc) is 2.33. The highest BCUT2D eigenvalue weighted by Crippen LogP contribution is 2.31. The molecule has 0 aliphatic carbocycles. The number of halogens is 2. The Balaban J connectivity index is 2.97. The Labute approximate surface area is 110 Å². The first-order valence-corrected chi connectivity index (χ1v) is 5.87. The fourth-order valence-electron chi connectivity index (χ4n) is 1.15. The van der Waals surface area contributed by atoms with E-state index in [0.29, 0.717) is 17.1 Å². The molecule has 0 bridgehead atoms. The van der Waals surface area contributed by atoms with E-state index in [-0.39, 0.29) is 10.9 Å². The van der Waals surface area contributed by atoms with Gasteiger partial charge in [-0.15, -0.1) is 0 Å². The number of carbonyl (C=O) groups excluding carboxylic acids is 1. The minimum absolute atomic E-state index is 0.277. The van der Waals surface area contributed by atoms with Gasteiger partial charge in [-0.1, -0.05) is 36.2 Å². The Bertz CT molecular complexity index is 482. The molecule has 0 aliphatic rings. The molecule has 90 valence electrons. The molecule has 5 heteroatoms. The largest absolute Gasteiger partial charge is 0.323 e. The molecule has 0 spiro atoms. The van der Waals surface area contributed by atoms with Gasteiger partial charge in [-0.25, -0.2) is 0 Å². The number of benzene rings is 1. The van der Waals surface area contributed by atoms with E-state index in [1.54, 1.807) is 32.0 Å². The molecular formula is C12H12Cl2N2O. The minimum atomic E-state index is -1.06. The number of hydrogen-bond donors (Lipinski definition) is 1. The summed E-state index contributed by atoms with van der Waals surface area (Å²) in [6.45, 7) is 3.36. The zero-order valence-electron chi connectivity index (χ0n) is 9.55. The number of hydrogen-bond acceptors (Lipinski definition) is 2. The van der Waals surface area contributed by atoms with Crippen LogP contribution in [0.5, 0.6) is 0 Å². The van der Waals surface area contributed by atoms with E-state index in [4.69, 9.17) is 28.5 Å². The highest BCUT2D eigenvalue weighted by Gasteiger charge is 2.31. The predicted molar refractivity (Wildman–Crippen MR) is 69.1 cm³/mol. The maximum Gasteiger partial charge on any atom is 0.244 e. The summed E-state index contributed by atoms with van der Waals surface area (Å²) in [5.74, 6) is -0.383. The van der Waals surface area contributed by atoms with Crippen molar-refractivity contribution in [3.63, 3.8) is 0 Å². The van der Waals surface area contributed by atoms with Gasteiger partial charge in [0.1, 0.15) is 5.41 Å². The van der Waals surface area contributed by atoms with E-state index in [9.17, 15) is 4.79 Å². The first-order valence-electron chi connectivity index (χ1n) is 5.11. The van der Waals surface area contributed by atoms with E-state index >= 15 is 0 Å². The van der Waals surface area contributed by atoms with Crippen LogP contribution in [0.15, 0.2) is 18.2 Å². The van der Waals surface area contributed by atoms with E-state index in [1.165, 1.54) is 0 Å². The molecule has 1 aromatic rings. The van der Waals surface area contributed by atoms with Crippen LogP contribution in [0.25, 0.3) is 0 Å². The molecule has 1 rings (SSSR count). The number of anilines is 1. The van der Waals surface area contributed by atoms with Crippen LogP contribution in [-0.4, -0.2) is 5.91 Å². The van der Waals surface area contributed by atoms with Gasteiger partial charge in [-0.3, -0.25) is 4.79 Å². The summed E-state index contributed by atoms with van der Waals surface area (Å²) in [7, 11) is 0. The second-order valence-corrected chi connectivity index (χ2v) is 4.64. The highest BCUT2D eigenvalue weighted by molar-refractivity contribution is 6.44. The zero-order chi connectivity index (χ0) is 13.1. The van der Waals surface area contributed by atoms with Crippen molar-refractivity contribution >= 4 is 34.8 Å². The average molecular weight is 271 g/mol. The maximum absolute atomic E-state index is 11.9. The zero-order valence-corrected chi connectivity index (χ0v) is 11.1. The molecule has 0 saturated carbocycles. The Hall–Kier alpha value is -1.24. The van der Waals surface area contributed by atoms with Gasteiger partial charge in [0.2, 0.25) is 5.91 Å². The molecule has 17 heavy (non-hydrogen) atoms. The summed E-state index contributed by atoms with van der Waals surface area (Å²) in [4.78, 5) is 11.9. The molecular weight excluding hydrogens is 259 g/mol. The minimum Gasteiger partial charge on any atom is -0.323 e. The summed E-state index contributed by atoms with van der Waals surface area (Å²) in [5, 5.41) is 12.2. The molecule has 1 aromatic carbocycles. The van der Waals surface area contributed by atoms with Crippen molar-refractivity contribution in [2.24, 2.45) is 5.41 Å². The lowest BCUT2D eigenvalue weighted by molar-refractivity contribution is -0.122. The van der Waals surface area contributed by atoms with Crippen LogP contribution in [0.4, 0.5) is 5.69 Å². The molecule has 0 saturated heterocycles. The van der Waals surface area contributed by atoms with Gasteiger partial charge < -0.3 is 5.32 Å². The number of rotatable bonds is 3. The smallest absolute Gasteiger partial charge is 0.244 e. The molecule has 3 nitrogen and oxygen atoms in total. The van der Waals surface area contributed by atoms with Crippen molar-refractivity contribution in [2.75, 3.05) is 5.32 Å². The molecule has 1 amide bonds. The first-order chi connectivity index (χ1) is 7.94. The second kappa shape index (κ2) is 5.39. The van der Waals surface area contributed by atoms with Gasteiger partial charge in [-0.05, 0) is 25.5 Å². The predicted octanol–water partition coefficient (Wildman–Crippen LogP) is 3.87. The molecule has 1 atom stereocenters. The molecule has 1 N–H and O–H groups in total. The lowest BCUT2D eigenvalue weighted by atomic mass is 9.88. The van der Waals surface area contributed by atoms with Gasteiger partial charge in [0.25, 0.3) is 0 Å². The van der Waals surface area contributed by atoms with E-state index in [1.807, 2.05) is 6.07 Å². The van der Waals surface area contributed by atoms with E-state index in [2.05, 4.69) is 5.32 Å². The molecule has 0 aliphatic heterocycles. The molecule has 0 fully saturated rings. The van der Waals surface area contributed by atoms with Crippen molar-refractivity contribution in [1.29, 1.82) is 5.26 Å². The van der Waals surface area contributed by atoms with Crippen LogP contribution < -0.4 is 5.32 Å². The third-order valence-electron chi connectivity index (χ3n) is 2.65. The van der Waals surface area contributed by atoms with Crippen LogP contribution in [0, 0.1) is 16.7 Å². The summed E-state index contributed by atoms with van der Waals surface area (Å²) < 4.78 is 0. The van der Waals surface area contributed by atoms with E-state index in [0.717, 1.165) is 0 Å². The number of nitrogens with one attached hydrogen (secondary N) is 1. The summed E-state index contributed by atoms with van der Waals surface area (Å²) in [5.41, 5.74) is -0.648. The van der Waals surface area contributed by atoms with Crippen molar-refractivity contribution in [3.8, 4) is 6.07 Å². The first kappa shape index (κ1) is 13.8. The third-order valence-corrected chi connectivity index (χ3v) is 3.47. The van der Waals surface area contributed by atoms with E-state index < -0.39 is 5.41 Å². The van der Waals surface area contributed by atoms with Gasteiger partial charge in [0.05, 0.1) is 21.8 Å². The number of nitriles is 1. The topological polar surface area (TPSA) is 52.9 Å². The Morgan fingerprint density at radius 2 is 2.18 bits per heavy atom. The van der Waals surface area contributed by atoms with Crippen molar-refractivity contribution in [2.45, 2.75) is 20.3 Å².